The van der Waals surface area contributed by atoms with E-state index in [9.17, 15) is 9.59 Å². The third-order valence-electron chi connectivity index (χ3n) is 4.17. The number of H-pyrrole nitrogens is 1. The van der Waals surface area contributed by atoms with Crippen molar-refractivity contribution >= 4 is 17.7 Å². The second kappa shape index (κ2) is 9.77. The van der Waals surface area contributed by atoms with Crippen LogP contribution in [0.2, 0.25) is 0 Å². The lowest BCUT2D eigenvalue weighted by atomic mass is 10.1. The molecule has 0 saturated heterocycles. The fourth-order valence-electron chi connectivity index (χ4n) is 2.80. The molecule has 1 amide bonds. The molecule has 162 valence electrons. The normalized spacial score (nSPS) is 11.6. The van der Waals surface area contributed by atoms with Gasteiger partial charge in [0.2, 0.25) is 0 Å². The summed E-state index contributed by atoms with van der Waals surface area (Å²) in [4.78, 5) is 23.8. The van der Waals surface area contributed by atoms with Crippen molar-refractivity contribution in [3.05, 3.63) is 65.4 Å². The maximum absolute atomic E-state index is 12.7. The highest BCUT2D eigenvalue weighted by molar-refractivity contribution is 6.04. The Balaban J connectivity index is 1.86. The van der Waals surface area contributed by atoms with Crippen molar-refractivity contribution in [1.82, 2.24) is 10.2 Å². The van der Waals surface area contributed by atoms with Crippen LogP contribution in [0.15, 0.2) is 48.5 Å². The minimum atomic E-state index is -1.03. The van der Waals surface area contributed by atoms with Gasteiger partial charge in [-0.15, -0.1) is 0 Å². The third kappa shape index (κ3) is 6.06. The fourth-order valence-corrected chi connectivity index (χ4v) is 2.80. The van der Waals surface area contributed by atoms with E-state index in [1.54, 1.807) is 31.4 Å². The Morgan fingerprint density at radius 2 is 1.77 bits per heavy atom. The number of ether oxygens (including phenoxy) is 3. The monoisotopic (exact) mass is 425 g/mol. The molecule has 2 aromatic carbocycles. The number of carbonyl (C=O) groups excluding carboxylic acids is 1. The van der Waals surface area contributed by atoms with Gasteiger partial charge in [0.05, 0.1) is 12.2 Å². The largest absolute Gasteiger partial charge is 0.488 e. The molecule has 0 spiro atoms. The summed E-state index contributed by atoms with van der Waals surface area (Å²) in [5.41, 5.74) is 1.27. The molecular weight excluding hydrogens is 402 g/mol. The van der Waals surface area contributed by atoms with E-state index in [0.717, 1.165) is 5.69 Å². The lowest BCUT2D eigenvalue weighted by Gasteiger charge is -2.16. The lowest BCUT2D eigenvalue weighted by molar-refractivity contribution is 0.0696. The van der Waals surface area contributed by atoms with Crippen molar-refractivity contribution in [3.8, 4) is 17.2 Å². The first-order valence-electron chi connectivity index (χ1n) is 9.49. The van der Waals surface area contributed by atoms with Crippen LogP contribution in [0.3, 0.4) is 0 Å². The summed E-state index contributed by atoms with van der Waals surface area (Å²) in [6.07, 6.45) is -0.250. The maximum Gasteiger partial charge on any atom is 0.335 e. The Bertz CT molecular complexity index is 1060. The van der Waals surface area contributed by atoms with E-state index in [0.29, 0.717) is 35.2 Å². The number of aromatic carboxylic acids is 1. The highest BCUT2D eigenvalue weighted by Gasteiger charge is 2.14. The Labute approximate surface area is 179 Å². The number of hydrogen-bond donors (Lipinski definition) is 3. The predicted octanol–water partition coefficient (Wildman–Crippen LogP) is 3.87. The van der Waals surface area contributed by atoms with Crippen LogP contribution in [-0.4, -0.2) is 47.0 Å². The van der Waals surface area contributed by atoms with Crippen LogP contribution in [0, 0.1) is 6.92 Å². The summed E-state index contributed by atoms with van der Waals surface area (Å²) in [5.74, 6) is 0.180. The summed E-state index contributed by atoms with van der Waals surface area (Å²) < 4.78 is 16.8. The zero-order valence-electron chi connectivity index (χ0n) is 17.3. The average Bonchev–Trinajstić information content (AvgIpc) is 3.13. The van der Waals surface area contributed by atoms with Gasteiger partial charge in [0.1, 0.15) is 23.4 Å². The van der Waals surface area contributed by atoms with E-state index in [1.807, 2.05) is 13.8 Å². The Morgan fingerprint density at radius 3 is 2.39 bits per heavy atom. The van der Waals surface area contributed by atoms with Gasteiger partial charge in [-0.05, 0) is 50.2 Å². The van der Waals surface area contributed by atoms with Crippen LogP contribution >= 0.6 is 0 Å². The van der Waals surface area contributed by atoms with Crippen LogP contribution < -0.4 is 14.8 Å². The highest BCUT2D eigenvalue weighted by atomic mass is 16.5. The second-order valence-electron chi connectivity index (χ2n) is 6.90. The number of carboxylic acids is 1. The molecular formula is C22H23N3O6. The summed E-state index contributed by atoms with van der Waals surface area (Å²) in [7, 11) is 1.57. The predicted molar refractivity (Wildman–Crippen MR) is 113 cm³/mol. The van der Waals surface area contributed by atoms with Gasteiger partial charge in [0.25, 0.3) is 5.91 Å². The second-order valence-corrected chi connectivity index (χ2v) is 6.90. The van der Waals surface area contributed by atoms with Crippen molar-refractivity contribution in [1.29, 1.82) is 0 Å². The molecule has 0 saturated carbocycles. The van der Waals surface area contributed by atoms with Crippen LogP contribution in [0.1, 0.15) is 33.3 Å². The molecule has 3 aromatic rings. The number of hydrogen-bond acceptors (Lipinski definition) is 6. The van der Waals surface area contributed by atoms with Crippen molar-refractivity contribution in [2.45, 2.75) is 20.0 Å². The smallest absolute Gasteiger partial charge is 0.335 e. The Morgan fingerprint density at radius 1 is 1.06 bits per heavy atom. The number of aryl methyl sites for hydroxylation is 1. The molecule has 0 fully saturated rings. The van der Waals surface area contributed by atoms with Gasteiger partial charge in [0.15, 0.2) is 5.82 Å². The first-order chi connectivity index (χ1) is 14.8. The van der Waals surface area contributed by atoms with Crippen LogP contribution in [0.4, 0.5) is 5.82 Å². The molecule has 1 unspecified atom stereocenters. The number of nitrogens with one attached hydrogen (secondary N) is 2. The molecule has 31 heavy (non-hydrogen) atoms. The molecule has 3 N–H and O–H groups in total. The lowest BCUT2D eigenvalue weighted by Crippen LogP contribution is -2.18. The van der Waals surface area contributed by atoms with Crippen LogP contribution in [0.25, 0.3) is 0 Å². The van der Waals surface area contributed by atoms with Gasteiger partial charge in [-0.25, -0.2) is 4.79 Å². The molecule has 1 heterocycles. The topological polar surface area (TPSA) is 123 Å². The number of amides is 1. The number of nitrogens with zero attached hydrogens (tertiary/aromatic N) is 1. The zero-order chi connectivity index (χ0) is 22.4. The van der Waals surface area contributed by atoms with Gasteiger partial charge in [0, 0.05) is 30.5 Å². The minimum Gasteiger partial charge on any atom is -0.488 e. The Kier molecular flexibility index (Phi) is 6.88. The van der Waals surface area contributed by atoms with E-state index >= 15 is 0 Å². The number of methoxy groups -OCH3 is 1. The highest BCUT2D eigenvalue weighted by Crippen LogP contribution is 2.29. The fraction of sp³-hybridized carbons (Fsp3) is 0.227. The number of benzene rings is 2. The van der Waals surface area contributed by atoms with E-state index in [2.05, 4.69) is 15.5 Å². The van der Waals surface area contributed by atoms with E-state index in [-0.39, 0.29) is 17.6 Å². The van der Waals surface area contributed by atoms with E-state index in [4.69, 9.17) is 19.3 Å². The molecule has 0 aliphatic carbocycles. The maximum atomic E-state index is 12.7. The average molecular weight is 425 g/mol. The summed E-state index contributed by atoms with van der Waals surface area (Å²) >= 11 is 0. The number of aromatic amines is 1. The molecule has 1 atom stereocenters. The number of anilines is 1. The number of rotatable bonds is 9. The number of carbonyl (C=O) groups is 2. The van der Waals surface area contributed by atoms with Gasteiger partial charge in [-0.1, -0.05) is 0 Å². The number of aromatic nitrogens is 2. The summed E-state index contributed by atoms with van der Waals surface area (Å²) in [6, 6.07) is 12.5. The van der Waals surface area contributed by atoms with E-state index < -0.39 is 5.97 Å². The molecule has 0 aliphatic heterocycles. The van der Waals surface area contributed by atoms with Gasteiger partial charge in [-0.3, -0.25) is 9.89 Å². The SMILES string of the molecule is COCC(C)Oc1cc(Oc2ccc(C(=O)O)cc2)cc(C(=O)Nc2cc(C)[nH]n2)c1. The molecule has 1 aromatic heterocycles. The molecule has 9 nitrogen and oxygen atoms in total. The minimum absolute atomic E-state index is 0.146. The van der Waals surface area contributed by atoms with Crippen molar-refractivity contribution < 1.29 is 28.9 Å². The van der Waals surface area contributed by atoms with Crippen LogP contribution in [0.5, 0.6) is 17.2 Å². The third-order valence-corrected chi connectivity index (χ3v) is 4.17. The molecule has 0 radical (unpaired) electrons. The molecule has 9 heteroatoms. The first kappa shape index (κ1) is 21.8. The standard InChI is InChI=1S/C22H23N3O6/c1-13-8-20(25-24-13)23-21(26)16-9-18(30-14(2)12-29-3)11-19(10-16)31-17-6-4-15(5-7-17)22(27)28/h4-11,14H,12H2,1-3H3,(H,27,28)(H2,23,24,25,26). The van der Waals surface area contributed by atoms with Gasteiger partial charge >= 0.3 is 5.97 Å². The quantitative estimate of drug-likeness (QED) is 0.475. The van der Waals surface area contributed by atoms with E-state index in [1.165, 1.54) is 24.3 Å². The first-order valence-corrected chi connectivity index (χ1v) is 9.49. The van der Waals surface area contributed by atoms with Crippen molar-refractivity contribution in [2.24, 2.45) is 0 Å². The number of carboxylic acid groups (broad SMARTS) is 1. The van der Waals surface area contributed by atoms with Crippen molar-refractivity contribution in [3.63, 3.8) is 0 Å². The summed E-state index contributed by atoms with van der Waals surface area (Å²) in [6.45, 7) is 4.04. The van der Waals surface area contributed by atoms with Gasteiger partial charge < -0.3 is 24.6 Å². The Hall–Kier alpha value is -3.85. The molecule has 3 rings (SSSR count). The summed E-state index contributed by atoms with van der Waals surface area (Å²) in [5, 5.41) is 18.5. The van der Waals surface area contributed by atoms with Gasteiger partial charge in [-0.2, -0.15) is 5.10 Å². The molecule has 0 aliphatic rings. The zero-order valence-corrected chi connectivity index (χ0v) is 17.3. The molecule has 0 bridgehead atoms. The van der Waals surface area contributed by atoms with Crippen molar-refractivity contribution in [2.75, 3.05) is 19.0 Å². The van der Waals surface area contributed by atoms with Crippen LogP contribution in [-0.2, 0) is 4.74 Å².